The molecule has 0 saturated carbocycles. The summed E-state index contributed by atoms with van der Waals surface area (Å²) in [5.74, 6) is -1.10. The van der Waals surface area contributed by atoms with Gasteiger partial charge in [0.25, 0.3) is 5.91 Å². The van der Waals surface area contributed by atoms with E-state index in [4.69, 9.17) is 23.2 Å². The van der Waals surface area contributed by atoms with Crippen LogP contribution in [0.25, 0.3) is 10.8 Å². The van der Waals surface area contributed by atoms with Gasteiger partial charge in [-0.25, -0.2) is 4.79 Å². The Morgan fingerprint density at radius 3 is 2.37 bits per heavy atom. The van der Waals surface area contributed by atoms with Crippen LogP contribution in [-0.2, 0) is 15.1 Å². The molecule has 6 nitrogen and oxygen atoms in total. The van der Waals surface area contributed by atoms with Crippen LogP contribution in [0, 0.1) is 0 Å². The summed E-state index contributed by atoms with van der Waals surface area (Å²) in [7, 11) is 0. The van der Waals surface area contributed by atoms with Crippen LogP contribution in [0.2, 0.25) is 10.0 Å². The topological polar surface area (TPSA) is 78.5 Å². The van der Waals surface area contributed by atoms with Crippen molar-refractivity contribution in [3.8, 4) is 0 Å². The minimum Gasteiger partial charge on any atom is -0.322 e. The van der Waals surface area contributed by atoms with Crippen molar-refractivity contribution in [2.45, 2.75) is 12.5 Å². The quantitative estimate of drug-likeness (QED) is 0.582. The molecule has 4 amide bonds. The van der Waals surface area contributed by atoms with Gasteiger partial charge in [0, 0.05) is 0 Å². The molecule has 3 aromatic rings. The number of anilines is 1. The third-order valence-corrected chi connectivity index (χ3v) is 5.76. The van der Waals surface area contributed by atoms with Gasteiger partial charge >= 0.3 is 6.03 Å². The van der Waals surface area contributed by atoms with E-state index in [0.29, 0.717) is 5.56 Å². The molecule has 3 aromatic carbocycles. The fraction of sp³-hybridized carbons (Fsp3) is 0.136. The van der Waals surface area contributed by atoms with E-state index in [2.05, 4.69) is 10.6 Å². The minimum atomic E-state index is -1.29. The van der Waals surface area contributed by atoms with Crippen molar-refractivity contribution in [1.82, 2.24) is 10.2 Å². The maximum Gasteiger partial charge on any atom is 0.325 e. The number of benzene rings is 3. The lowest BCUT2D eigenvalue weighted by Crippen LogP contribution is -2.42. The van der Waals surface area contributed by atoms with E-state index in [9.17, 15) is 14.4 Å². The highest BCUT2D eigenvalue weighted by Gasteiger charge is 2.50. The molecule has 1 saturated heterocycles. The number of imide groups is 1. The highest BCUT2D eigenvalue weighted by molar-refractivity contribution is 6.39. The van der Waals surface area contributed by atoms with Crippen molar-refractivity contribution in [3.63, 3.8) is 0 Å². The molecule has 8 heteroatoms. The van der Waals surface area contributed by atoms with E-state index in [1.165, 1.54) is 0 Å². The number of carbonyl (C=O) groups excluding carboxylic acids is 3. The lowest BCUT2D eigenvalue weighted by molar-refractivity contribution is -0.133. The number of rotatable bonds is 4. The van der Waals surface area contributed by atoms with Gasteiger partial charge in [0.05, 0.1) is 15.7 Å². The first-order valence-electron chi connectivity index (χ1n) is 9.17. The molecular formula is C22H17Cl2N3O3. The predicted octanol–water partition coefficient (Wildman–Crippen LogP) is 4.55. The number of hydrogen-bond donors (Lipinski definition) is 2. The highest BCUT2D eigenvalue weighted by Crippen LogP contribution is 2.34. The monoisotopic (exact) mass is 441 g/mol. The molecule has 0 spiro atoms. The van der Waals surface area contributed by atoms with Crippen LogP contribution in [0.3, 0.4) is 0 Å². The Labute approximate surface area is 182 Å². The summed E-state index contributed by atoms with van der Waals surface area (Å²) in [6.45, 7) is 1.17. The van der Waals surface area contributed by atoms with Crippen LogP contribution in [0.1, 0.15) is 12.5 Å². The Balaban J connectivity index is 1.60. The SMILES string of the molecule is CC1(c2cccc3ccccc23)NC(=O)N(CC(=O)Nc2c(Cl)cccc2Cl)C1=O. The number of nitrogens with one attached hydrogen (secondary N) is 2. The number of fused-ring (bicyclic) bond motifs is 1. The van der Waals surface area contributed by atoms with Crippen LogP contribution in [0.5, 0.6) is 0 Å². The van der Waals surface area contributed by atoms with E-state index in [0.717, 1.165) is 15.7 Å². The van der Waals surface area contributed by atoms with E-state index in [1.807, 2.05) is 36.4 Å². The number of halogens is 2. The molecule has 152 valence electrons. The summed E-state index contributed by atoms with van der Waals surface area (Å²) in [5, 5.41) is 7.62. The van der Waals surface area contributed by atoms with Gasteiger partial charge in [0.1, 0.15) is 12.1 Å². The number of amides is 4. The Bertz CT molecular complexity index is 1170. The van der Waals surface area contributed by atoms with Gasteiger partial charge in [0.2, 0.25) is 5.91 Å². The van der Waals surface area contributed by atoms with Gasteiger partial charge in [-0.15, -0.1) is 0 Å². The summed E-state index contributed by atoms with van der Waals surface area (Å²) in [4.78, 5) is 39.2. The number of carbonyl (C=O) groups is 3. The standard InChI is InChI=1S/C22H17Cl2N3O3/c1-22(15-9-4-7-13-6-2-3-8-14(13)15)20(29)27(21(30)26-22)12-18(28)25-19-16(23)10-5-11-17(19)24/h2-11H,12H2,1H3,(H,25,28)(H,26,30). The third-order valence-electron chi connectivity index (χ3n) is 5.13. The Hall–Kier alpha value is -3.09. The summed E-state index contributed by atoms with van der Waals surface area (Å²) in [6.07, 6.45) is 0. The van der Waals surface area contributed by atoms with E-state index >= 15 is 0 Å². The number of nitrogens with zero attached hydrogens (tertiary/aromatic N) is 1. The molecule has 1 aliphatic heterocycles. The Kier molecular flexibility index (Phi) is 5.13. The fourth-order valence-electron chi connectivity index (χ4n) is 3.62. The number of hydrogen-bond acceptors (Lipinski definition) is 3. The van der Waals surface area contributed by atoms with Gasteiger partial charge in [-0.1, -0.05) is 71.7 Å². The second-order valence-corrected chi connectivity index (χ2v) is 7.93. The fourth-order valence-corrected chi connectivity index (χ4v) is 4.12. The van der Waals surface area contributed by atoms with Gasteiger partial charge in [-0.3, -0.25) is 14.5 Å². The molecule has 0 aliphatic carbocycles. The van der Waals surface area contributed by atoms with Crippen molar-refractivity contribution >= 4 is 57.5 Å². The molecule has 1 fully saturated rings. The van der Waals surface area contributed by atoms with Crippen molar-refractivity contribution in [2.75, 3.05) is 11.9 Å². The molecule has 0 bridgehead atoms. The van der Waals surface area contributed by atoms with Gasteiger partial charge in [-0.05, 0) is 35.4 Å². The van der Waals surface area contributed by atoms with Crippen LogP contribution in [0.15, 0.2) is 60.7 Å². The number of para-hydroxylation sites is 1. The summed E-state index contributed by atoms with van der Waals surface area (Å²) < 4.78 is 0. The minimum absolute atomic E-state index is 0.231. The molecular weight excluding hydrogens is 425 g/mol. The van der Waals surface area contributed by atoms with Crippen LogP contribution < -0.4 is 10.6 Å². The largest absolute Gasteiger partial charge is 0.325 e. The van der Waals surface area contributed by atoms with Crippen molar-refractivity contribution in [1.29, 1.82) is 0 Å². The van der Waals surface area contributed by atoms with Crippen LogP contribution in [-0.4, -0.2) is 29.3 Å². The lowest BCUT2D eigenvalue weighted by Gasteiger charge is -2.24. The molecule has 30 heavy (non-hydrogen) atoms. The normalized spacial score (nSPS) is 18.6. The highest BCUT2D eigenvalue weighted by atomic mass is 35.5. The first-order chi connectivity index (χ1) is 14.3. The van der Waals surface area contributed by atoms with Gasteiger partial charge in [0.15, 0.2) is 0 Å². The van der Waals surface area contributed by atoms with Crippen molar-refractivity contribution in [3.05, 3.63) is 76.3 Å². The van der Waals surface area contributed by atoms with Crippen molar-refractivity contribution in [2.24, 2.45) is 0 Å². The zero-order valence-corrected chi connectivity index (χ0v) is 17.4. The van der Waals surface area contributed by atoms with E-state index in [1.54, 1.807) is 31.2 Å². The second kappa shape index (κ2) is 7.63. The lowest BCUT2D eigenvalue weighted by atomic mass is 9.88. The third kappa shape index (κ3) is 3.38. The van der Waals surface area contributed by atoms with Crippen molar-refractivity contribution < 1.29 is 14.4 Å². The maximum atomic E-state index is 13.2. The average Bonchev–Trinajstić information content (AvgIpc) is 2.94. The zero-order valence-electron chi connectivity index (χ0n) is 15.9. The number of urea groups is 1. The maximum absolute atomic E-state index is 13.2. The summed E-state index contributed by atoms with van der Waals surface area (Å²) in [5.41, 5.74) is -0.397. The Morgan fingerprint density at radius 1 is 1.00 bits per heavy atom. The van der Waals surface area contributed by atoms with Crippen LogP contribution in [0.4, 0.5) is 10.5 Å². The molecule has 2 N–H and O–H groups in total. The molecule has 0 radical (unpaired) electrons. The molecule has 1 atom stereocenters. The van der Waals surface area contributed by atoms with Gasteiger partial charge < -0.3 is 10.6 Å². The summed E-state index contributed by atoms with van der Waals surface area (Å²) in [6, 6.07) is 17.3. The molecule has 1 heterocycles. The molecule has 1 unspecified atom stereocenters. The molecule has 1 aliphatic rings. The molecule has 4 rings (SSSR count). The first-order valence-corrected chi connectivity index (χ1v) is 9.93. The van der Waals surface area contributed by atoms with E-state index < -0.39 is 29.9 Å². The predicted molar refractivity (Wildman–Crippen MR) is 117 cm³/mol. The van der Waals surface area contributed by atoms with Crippen LogP contribution >= 0.6 is 23.2 Å². The summed E-state index contributed by atoms with van der Waals surface area (Å²) >= 11 is 12.1. The molecule has 0 aromatic heterocycles. The van der Waals surface area contributed by atoms with Gasteiger partial charge in [-0.2, -0.15) is 0 Å². The van der Waals surface area contributed by atoms with E-state index in [-0.39, 0.29) is 15.7 Å². The second-order valence-electron chi connectivity index (χ2n) is 7.12. The zero-order chi connectivity index (χ0) is 21.5. The smallest absolute Gasteiger partial charge is 0.322 e. The average molecular weight is 442 g/mol. The first kappa shape index (κ1) is 20.2. The Morgan fingerprint density at radius 2 is 1.63 bits per heavy atom.